The predicted octanol–water partition coefficient (Wildman–Crippen LogP) is 4.32. The molecule has 0 atom stereocenters. The summed E-state index contributed by atoms with van der Waals surface area (Å²) in [6.45, 7) is 1.62. The maximum absolute atomic E-state index is 12.6. The van der Waals surface area contributed by atoms with E-state index in [0.717, 1.165) is 30.4 Å². The van der Waals surface area contributed by atoms with Crippen molar-refractivity contribution in [1.82, 2.24) is 4.90 Å². The van der Waals surface area contributed by atoms with Gasteiger partial charge in [-0.2, -0.15) is 0 Å². The van der Waals surface area contributed by atoms with Crippen molar-refractivity contribution in [2.75, 3.05) is 19.7 Å². The Morgan fingerprint density at radius 1 is 1.11 bits per heavy atom. The largest absolute Gasteiger partial charge is 0.493 e. The minimum Gasteiger partial charge on any atom is -0.493 e. The van der Waals surface area contributed by atoms with Crippen LogP contribution in [0.3, 0.4) is 0 Å². The van der Waals surface area contributed by atoms with E-state index in [0.29, 0.717) is 17.2 Å². The Kier molecular flexibility index (Phi) is 6.50. The Balaban J connectivity index is 1.56. The molecule has 1 amide bonds. The SMILES string of the molecule is O=C(O)CCOc1cccc(C2CCN(C(=O)c3ccc(Br)cc3)CC2)c1. The Morgan fingerprint density at radius 3 is 2.48 bits per heavy atom. The van der Waals surface area contributed by atoms with Gasteiger partial charge in [0.1, 0.15) is 5.75 Å². The van der Waals surface area contributed by atoms with Gasteiger partial charge in [0.15, 0.2) is 0 Å². The molecule has 0 unspecified atom stereocenters. The Labute approximate surface area is 167 Å². The Hall–Kier alpha value is -2.34. The summed E-state index contributed by atoms with van der Waals surface area (Å²) in [7, 11) is 0. The van der Waals surface area contributed by atoms with E-state index in [-0.39, 0.29) is 18.9 Å². The highest BCUT2D eigenvalue weighted by molar-refractivity contribution is 9.10. The van der Waals surface area contributed by atoms with Crippen LogP contribution in [0.5, 0.6) is 5.75 Å². The fraction of sp³-hybridized carbons (Fsp3) is 0.333. The van der Waals surface area contributed by atoms with E-state index in [1.165, 1.54) is 5.56 Å². The lowest BCUT2D eigenvalue weighted by molar-refractivity contribution is -0.137. The summed E-state index contributed by atoms with van der Waals surface area (Å²) in [5, 5.41) is 8.70. The standard InChI is InChI=1S/C21H22BrNO4/c22-18-6-4-16(5-7-18)21(26)23-11-8-15(9-12-23)17-2-1-3-19(14-17)27-13-10-20(24)25/h1-7,14-15H,8-13H2,(H,24,25). The van der Waals surface area contributed by atoms with Gasteiger partial charge in [-0.1, -0.05) is 28.1 Å². The van der Waals surface area contributed by atoms with Gasteiger partial charge < -0.3 is 14.7 Å². The molecule has 27 heavy (non-hydrogen) atoms. The van der Waals surface area contributed by atoms with Crippen LogP contribution in [0.1, 0.15) is 41.1 Å². The van der Waals surface area contributed by atoms with Crippen molar-refractivity contribution >= 4 is 27.8 Å². The number of carbonyl (C=O) groups is 2. The normalized spacial score (nSPS) is 14.8. The third-order valence-corrected chi connectivity index (χ3v) is 5.32. The average molecular weight is 432 g/mol. The molecule has 142 valence electrons. The molecular weight excluding hydrogens is 410 g/mol. The maximum atomic E-state index is 12.6. The highest BCUT2D eigenvalue weighted by atomic mass is 79.9. The smallest absolute Gasteiger partial charge is 0.306 e. The number of halogens is 1. The molecular formula is C21H22BrNO4. The first-order valence-electron chi connectivity index (χ1n) is 9.02. The molecule has 0 saturated carbocycles. The molecule has 0 aliphatic carbocycles. The first-order valence-corrected chi connectivity index (χ1v) is 9.81. The number of likely N-dealkylation sites (tertiary alicyclic amines) is 1. The summed E-state index contributed by atoms with van der Waals surface area (Å²) in [6, 6.07) is 15.3. The van der Waals surface area contributed by atoms with E-state index in [9.17, 15) is 9.59 Å². The quantitative estimate of drug-likeness (QED) is 0.739. The second-order valence-electron chi connectivity index (χ2n) is 6.64. The predicted molar refractivity (Wildman–Crippen MR) is 106 cm³/mol. The fourth-order valence-corrected chi connectivity index (χ4v) is 3.57. The summed E-state index contributed by atoms with van der Waals surface area (Å²) < 4.78 is 6.49. The van der Waals surface area contributed by atoms with Crippen molar-refractivity contribution in [2.24, 2.45) is 0 Å². The van der Waals surface area contributed by atoms with E-state index in [1.807, 2.05) is 47.4 Å². The van der Waals surface area contributed by atoms with Crippen LogP contribution in [0.4, 0.5) is 0 Å². The van der Waals surface area contributed by atoms with Crippen molar-refractivity contribution < 1.29 is 19.4 Å². The Morgan fingerprint density at radius 2 is 1.81 bits per heavy atom. The average Bonchev–Trinajstić information content (AvgIpc) is 2.68. The molecule has 1 aliphatic rings. The second kappa shape index (κ2) is 9.04. The molecule has 1 N–H and O–H groups in total. The van der Waals surface area contributed by atoms with Gasteiger partial charge in [-0.25, -0.2) is 0 Å². The van der Waals surface area contributed by atoms with Crippen LogP contribution < -0.4 is 4.74 Å². The van der Waals surface area contributed by atoms with Crippen LogP contribution in [-0.2, 0) is 4.79 Å². The lowest BCUT2D eigenvalue weighted by Gasteiger charge is -2.32. The number of carboxylic acids is 1. The molecule has 0 aromatic heterocycles. The van der Waals surface area contributed by atoms with E-state index in [4.69, 9.17) is 9.84 Å². The van der Waals surface area contributed by atoms with Gasteiger partial charge in [0.2, 0.25) is 0 Å². The molecule has 2 aromatic carbocycles. The van der Waals surface area contributed by atoms with Crippen molar-refractivity contribution in [3.63, 3.8) is 0 Å². The molecule has 1 fully saturated rings. The molecule has 0 radical (unpaired) electrons. The lowest BCUT2D eigenvalue weighted by atomic mass is 9.89. The zero-order chi connectivity index (χ0) is 19.2. The molecule has 2 aromatic rings. The number of carboxylic acid groups (broad SMARTS) is 1. The topological polar surface area (TPSA) is 66.8 Å². The molecule has 0 bridgehead atoms. The third kappa shape index (κ3) is 5.32. The number of amides is 1. The lowest BCUT2D eigenvalue weighted by Crippen LogP contribution is -2.37. The number of rotatable bonds is 6. The van der Waals surface area contributed by atoms with E-state index >= 15 is 0 Å². The highest BCUT2D eigenvalue weighted by Crippen LogP contribution is 2.30. The molecule has 0 spiro atoms. The zero-order valence-electron chi connectivity index (χ0n) is 14.9. The van der Waals surface area contributed by atoms with E-state index in [2.05, 4.69) is 22.0 Å². The van der Waals surface area contributed by atoms with Crippen LogP contribution in [0.2, 0.25) is 0 Å². The molecule has 1 saturated heterocycles. The minimum atomic E-state index is -0.867. The van der Waals surface area contributed by atoms with Gasteiger partial charge >= 0.3 is 5.97 Å². The summed E-state index contributed by atoms with van der Waals surface area (Å²) in [5.74, 6) is 0.282. The van der Waals surface area contributed by atoms with Gasteiger partial charge in [0.25, 0.3) is 5.91 Å². The van der Waals surface area contributed by atoms with E-state index < -0.39 is 5.97 Å². The van der Waals surface area contributed by atoms with Crippen LogP contribution >= 0.6 is 15.9 Å². The summed E-state index contributed by atoms with van der Waals surface area (Å²) >= 11 is 3.39. The number of hydrogen-bond acceptors (Lipinski definition) is 3. The molecule has 6 heteroatoms. The van der Waals surface area contributed by atoms with Crippen LogP contribution in [-0.4, -0.2) is 41.6 Å². The molecule has 1 heterocycles. The molecule has 1 aliphatic heterocycles. The third-order valence-electron chi connectivity index (χ3n) is 4.79. The monoisotopic (exact) mass is 431 g/mol. The number of piperidine rings is 1. The van der Waals surface area contributed by atoms with Crippen LogP contribution in [0.25, 0.3) is 0 Å². The first-order chi connectivity index (χ1) is 13.0. The van der Waals surface area contributed by atoms with Crippen molar-refractivity contribution in [3.05, 3.63) is 64.1 Å². The molecule has 5 nitrogen and oxygen atoms in total. The van der Waals surface area contributed by atoms with Crippen molar-refractivity contribution in [1.29, 1.82) is 0 Å². The van der Waals surface area contributed by atoms with Gasteiger partial charge in [0, 0.05) is 23.1 Å². The van der Waals surface area contributed by atoms with E-state index in [1.54, 1.807) is 0 Å². The molecule has 3 rings (SSSR count). The first kappa shape index (κ1) is 19.4. The zero-order valence-corrected chi connectivity index (χ0v) is 16.5. The summed E-state index contributed by atoms with van der Waals surface area (Å²) in [4.78, 5) is 25.1. The van der Waals surface area contributed by atoms with Crippen molar-refractivity contribution in [2.45, 2.75) is 25.2 Å². The minimum absolute atomic E-state index is 0.0131. The summed E-state index contributed by atoms with van der Waals surface area (Å²) in [6.07, 6.45) is 1.79. The number of aliphatic carboxylic acids is 1. The van der Waals surface area contributed by atoms with Crippen LogP contribution in [0.15, 0.2) is 53.0 Å². The summed E-state index contributed by atoms with van der Waals surface area (Å²) in [5.41, 5.74) is 1.89. The Bertz CT molecular complexity index is 798. The number of ether oxygens (including phenoxy) is 1. The fourth-order valence-electron chi connectivity index (χ4n) is 3.31. The van der Waals surface area contributed by atoms with Gasteiger partial charge in [0.05, 0.1) is 13.0 Å². The number of nitrogens with zero attached hydrogens (tertiary/aromatic N) is 1. The second-order valence-corrected chi connectivity index (χ2v) is 7.55. The van der Waals surface area contributed by atoms with Gasteiger partial charge in [-0.3, -0.25) is 9.59 Å². The number of benzene rings is 2. The maximum Gasteiger partial charge on any atom is 0.306 e. The number of hydrogen-bond donors (Lipinski definition) is 1. The number of carbonyl (C=O) groups excluding carboxylic acids is 1. The van der Waals surface area contributed by atoms with Gasteiger partial charge in [-0.15, -0.1) is 0 Å². The highest BCUT2D eigenvalue weighted by Gasteiger charge is 2.24. The van der Waals surface area contributed by atoms with Crippen LogP contribution in [0, 0.1) is 0 Å². The van der Waals surface area contributed by atoms with Crippen molar-refractivity contribution in [3.8, 4) is 5.75 Å². The van der Waals surface area contributed by atoms with Gasteiger partial charge in [-0.05, 0) is 60.7 Å².